The third kappa shape index (κ3) is 5.84. The van der Waals surface area contributed by atoms with Gasteiger partial charge in [0.2, 0.25) is 0 Å². The van der Waals surface area contributed by atoms with Gasteiger partial charge in [0.1, 0.15) is 19.1 Å². The number of anilines is 1. The van der Waals surface area contributed by atoms with Crippen molar-refractivity contribution in [1.29, 1.82) is 5.26 Å². The summed E-state index contributed by atoms with van der Waals surface area (Å²) in [6, 6.07) is 8.76. The second-order valence-electron chi connectivity index (χ2n) is 11.4. The number of ether oxygens (including phenoxy) is 4. The number of aryl methyl sites for hydroxylation is 1. The second-order valence-corrected chi connectivity index (χ2v) is 17.0. The van der Waals surface area contributed by atoms with E-state index in [-0.39, 0.29) is 35.5 Å². The van der Waals surface area contributed by atoms with E-state index in [0.717, 1.165) is 13.2 Å². The van der Waals surface area contributed by atoms with Gasteiger partial charge in [-0.25, -0.2) is 9.78 Å². The number of alkyl halides is 3. The molecule has 0 saturated heterocycles. The Kier molecular flexibility index (Phi) is 8.91. The van der Waals surface area contributed by atoms with Gasteiger partial charge in [0.05, 0.1) is 36.9 Å². The predicted molar refractivity (Wildman–Crippen MR) is 153 cm³/mol. The normalized spacial score (nSPS) is 14.7. The van der Waals surface area contributed by atoms with Gasteiger partial charge in [-0.3, -0.25) is 0 Å². The zero-order valence-corrected chi connectivity index (χ0v) is 25.6. The molecule has 0 radical (unpaired) electrons. The lowest BCUT2D eigenvalue weighted by Gasteiger charge is -2.37. The molecule has 1 aromatic heterocycles. The molecule has 2 heterocycles. The number of carbonyl (C=O) groups excluding carboxylic acids is 1. The number of fused-ring (bicyclic) bond motifs is 2. The monoisotopic (exact) mass is 604 g/mol. The summed E-state index contributed by atoms with van der Waals surface area (Å²) in [7, 11) is 0.855. The van der Waals surface area contributed by atoms with Crippen LogP contribution in [0.25, 0.3) is 11.0 Å². The van der Waals surface area contributed by atoms with Crippen LogP contribution in [0.2, 0.25) is 25.7 Å². The molecule has 0 bridgehead atoms. The van der Waals surface area contributed by atoms with Crippen molar-refractivity contribution in [3.63, 3.8) is 0 Å². The zero-order valence-electron chi connectivity index (χ0n) is 24.6. The number of benzene rings is 2. The molecule has 2 aromatic carbocycles. The van der Waals surface area contributed by atoms with E-state index in [4.69, 9.17) is 14.2 Å². The van der Waals surface area contributed by atoms with Crippen LogP contribution in [0.1, 0.15) is 28.1 Å². The Labute approximate surface area is 243 Å². The van der Waals surface area contributed by atoms with Crippen LogP contribution >= 0.6 is 0 Å². The topological polar surface area (TPSA) is 108 Å². The summed E-state index contributed by atoms with van der Waals surface area (Å²) in [6.07, 6.45) is -4.89. The number of nitriles is 1. The smallest absolute Gasteiger partial charge is 0.429 e. The number of nitrogens with one attached hydrogen (secondary N) is 1. The van der Waals surface area contributed by atoms with Crippen LogP contribution < -0.4 is 10.1 Å². The molecule has 3 aromatic rings. The van der Waals surface area contributed by atoms with Crippen molar-refractivity contribution in [1.82, 2.24) is 9.55 Å². The molecule has 226 valence electrons. The van der Waals surface area contributed by atoms with E-state index >= 15 is 13.2 Å². The fourth-order valence-corrected chi connectivity index (χ4v) is 5.92. The molecule has 1 aliphatic rings. The molecule has 1 atom stereocenters. The highest BCUT2D eigenvalue weighted by Crippen LogP contribution is 2.54. The number of methoxy groups -OCH3 is 2. The number of nitrogens with zero attached hydrogens (tertiary/aromatic N) is 3. The van der Waals surface area contributed by atoms with Crippen molar-refractivity contribution >= 4 is 30.8 Å². The van der Waals surface area contributed by atoms with Gasteiger partial charge in [-0.05, 0) is 54.8 Å². The summed E-state index contributed by atoms with van der Waals surface area (Å²) in [4.78, 5) is 16.8. The van der Waals surface area contributed by atoms with E-state index in [0.29, 0.717) is 35.5 Å². The first kappa shape index (κ1) is 31.3. The van der Waals surface area contributed by atoms with Crippen LogP contribution in [-0.4, -0.2) is 63.7 Å². The third-order valence-electron chi connectivity index (χ3n) is 7.28. The molecule has 1 N–H and O–H groups in total. The Bertz CT molecular complexity index is 1530. The van der Waals surface area contributed by atoms with Crippen LogP contribution in [0, 0.1) is 18.3 Å². The van der Waals surface area contributed by atoms with Crippen LogP contribution in [0.5, 0.6) is 5.75 Å². The van der Waals surface area contributed by atoms with Gasteiger partial charge in [0, 0.05) is 32.5 Å². The van der Waals surface area contributed by atoms with Gasteiger partial charge in [0.15, 0.2) is 5.82 Å². The van der Waals surface area contributed by atoms with Gasteiger partial charge in [-0.15, -0.1) is 0 Å². The third-order valence-corrected chi connectivity index (χ3v) is 8.99. The maximum Gasteiger partial charge on any atom is 0.429 e. The molecular weight excluding hydrogens is 569 g/mol. The lowest BCUT2D eigenvalue weighted by molar-refractivity contribution is -0.271. The number of hydrogen-bond acceptors (Lipinski definition) is 8. The highest BCUT2D eigenvalue weighted by molar-refractivity contribution is 6.76. The second kappa shape index (κ2) is 11.9. The summed E-state index contributed by atoms with van der Waals surface area (Å²) < 4.78 is 70.9. The molecule has 1 unspecified atom stereocenters. The fraction of sp³-hybridized carbons (Fsp3) is 0.483. The summed E-state index contributed by atoms with van der Waals surface area (Å²) in [5.74, 6) is -1.60. The SMILES string of the molecule is COC(=O)COC(c1c(OC)cc(C)c2c1CCN2)(c1nc2cc(C#N)ccc2n1COCC[Si](C)(C)C)C(F)(F)F. The zero-order chi connectivity index (χ0) is 30.9. The maximum atomic E-state index is 15.9. The maximum absolute atomic E-state index is 15.9. The predicted octanol–water partition coefficient (Wildman–Crippen LogP) is 5.50. The molecule has 0 aliphatic carbocycles. The number of halogens is 3. The Morgan fingerprint density at radius 2 is 1.95 bits per heavy atom. The molecule has 42 heavy (non-hydrogen) atoms. The summed E-state index contributed by atoms with van der Waals surface area (Å²) in [5, 5.41) is 12.6. The van der Waals surface area contributed by atoms with Gasteiger partial charge in [-0.2, -0.15) is 18.4 Å². The van der Waals surface area contributed by atoms with E-state index < -0.39 is 38.3 Å². The minimum absolute atomic E-state index is 0.0619. The Morgan fingerprint density at radius 3 is 2.57 bits per heavy atom. The largest absolute Gasteiger partial charge is 0.496 e. The summed E-state index contributed by atoms with van der Waals surface area (Å²) in [6.45, 7) is 7.75. The molecule has 0 saturated carbocycles. The highest BCUT2D eigenvalue weighted by Gasteiger charge is 2.64. The Hall–Kier alpha value is -3.60. The van der Waals surface area contributed by atoms with Crippen LogP contribution in [0.3, 0.4) is 0 Å². The average molecular weight is 605 g/mol. The van der Waals surface area contributed by atoms with Crippen molar-refractivity contribution in [2.45, 2.75) is 57.5 Å². The molecule has 0 fully saturated rings. The van der Waals surface area contributed by atoms with Crippen molar-refractivity contribution in [3.8, 4) is 11.8 Å². The first-order valence-corrected chi connectivity index (χ1v) is 17.2. The number of hydrogen-bond donors (Lipinski definition) is 1. The molecule has 4 rings (SSSR count). The number of imidazole rings is 1. The van der Waals surface area contributed by atoms with E-state index in [9.17, 15) is 10.1 Å². The molecule has 0 spiro atoms. The molecule has 1 aliphatic heterocycles. The minimum Gasteiger partial charge on any atom is -0.496 e. The molecule has 9 nitrogen and oxygen atoms in total. The van der Waals surface area contributed by atoms with Gasteiger partial charge in [0.25, 0.3) is 5.60 Å². The van der Waals surface area contributed by atoms with E-state index in [1.54, 1.807) is 6.92 Å². The van der Waals surface area contributed by atoms with Gasteiger partial charge in [-0.1, -0.05) is 19.6 Å². The van der Waals surface area contributed by atoms with E-state index in [1.807, 2.05) is 6.07 Å². The number of esters is 1. The lowest BCUT2D eigenvalue weighted by atomic mass is 9.84. The molecular formula is C29H35F3N4O5Si. The first-order chi connectivity index (χ1) is 19.8. The highest BCUT2D eigenvalue weighted by atomic mass is 28.3. The van der Waals surface area contributed by atoms with Crippen LogP contribution in [0.4, 0.5) is 18.9 Å². The standard InChI is InChI=1S/C29H35F3N4O5Si/c1-18-13-23(38-2)25(20-9-10-34-26(18)20)28(29(30,31)32,41-16-24(37)39-3)27-35-21-14-19(15-33)7-8-22(21)36(27)17-40-11-12-42(4,5)6/h7-8,13-14,34H,9-12,16-17H2,1-6H3. The van der Waals surface area contributed by atoms with Crippen LogP contribution in [0.15, 0.2) is 24.3 Å². The van der Waals surface area contributed by atoms with Gasteiger partial charge < -0.3 is 28.8 Å². The van der Waals surface area contributed by atoms with Gasteiger partial charge >= 0.3 is 12.1 Å². The summed E-state index contributed by atoms with van der Waals surface area (Å²) >= 11 is 0. The first-order valence-electron chi connectivity index (χ1n) is 13.5. The van der Waals surface area contributed by atoms with Crippen LogP contribution in [-0.2, 0) is 37.8 Å². The van der Waals surface area contributed by atoms with Crippen molar-refractivity contribution in [2.24, 2.45) is 0 Å². The number of carbonyl (C=O) groups is 1. The lowest BCUT2D eigenvalue weighted by Crippen LogP contribution is -2.50. The number of aromatic nitrogens is 2. The Balaban J connectivity index is 2.07. The fourth-order valence-electron chi connectivity index (χ4n) is 5.17. The summed E-state index contributed by atoms with van der Waals surface area (Å²) in [5.41, 5.74) is -1.29. The molecule has 13 heteroatoms. The number of rotatable bonds is 11. The van der Waals surface area contributed by atoms with E-state index in [2.05, 4.69) is 34.7 Å². The molecule has 0 amide bonds. The van der Waals surface area contributed by atoms with E-state index in [1.165, 1.54) is 35.9 Å². The van der Waals surface area contributed by atoms with Crippen molar-refractivity contribution in [3.05, 3.63) is 52.3 Å². The minimum atomic E-state index is -5.14. The van der Waals surface area contributed by atoms with Crippen molar-refractivity contribution < 1.29 is 36.9 Å². The van der Waals surface area contributed by atoms with Crippen molar-refractivity contribution in [2.75, 3.05) is 39.3 Å². The average Bonchev–Trinajstić information content (AvgIpc) is 3.56. The quantitative estimate of drug-likeness (QED) is 0.174. The Morgan fingerprint density at radius 1 is 1.21 bits per heavy atom.